The van der Waals surface area contributed by atoms with Crippen LogP contribution in [-0.2, 0) is 18.4 Å². The van der Waals surface area contributed by atoms with Crippen LogP contribution in [0.5, 0.6) is 5.75 Å². The molecule has 1 unspecified atom stereocenters. The summed E-state index contributed by atoms with van der Waals surface area (Å²) in [5.41, 5.74) is 2.58. The molecule has 1 atom stereocenters. The number of imidazole rings is 1. The first-order valence-corrected chi connectivity index (χ1v) is 7.39. The summed E-state index contributed by atoms with van der Waals surface area (Å²) < 4.78 is 8.97. The van der Waals surface area contributed by atoms with Crippen molar-refractivity contribution in [3.63, 3.8) is 0 Å². The molecule has 1 aliphatic heterocycles. The van der Waals surface area contributed by atoms with Gasteiger partial charge in [-0.1, -0.05) is 39.0 Å². The van der Waals surface area contributed by atoms with Crippen molar-refractivity contribution >= 4 is 12.2 Å². The van der Waals surface area contributed by atoms with Crippen molar-refractivity contribution in [3.8, 4) is 5.75 Å². The molecule has 0 saturated heterocycles. The summed E-state index contributed by atoms with van der Waals surface area (Å²) in [6, 6.07) is 8.25. The zero-order chi connectivity index (χ0) is 14.3. The summed E-state index contributed by atoms with van der Waals surface area (Å²) in [7, 11) is 0. The summed E-state index contributed by atoms with van der Waals surface area (Å²) in [5, 5.41) is 0. The van der Waals surface area contributed by atoms with Crippen LogP contribution in [0, 0.1) is 4.77 Å². The molecule has 1 N–H and O–H groups in total. The lowest BCUT2D eigenvalue weighted by molar-refractivity contribution is 0.205. The van der Waals surface area contributed by atoms with Gasteiger partial charge in [-0.05, 0) is 23.8 Å². The first-order chi connectivity index (χ1) is 9.45. The minimum absolute atomic E-state index is 0.0685. The summed E-state index contributed by atoms with van der Waals surface area (Å²) in [5.74, 6) is 1.01. The van der Waals surface area contributed by atoms with Gasteiger partial charge in [0.1, 0.15) is 11.9 Å². The molecule has 106 valence electrons. The normalized spacial score (nSPS) is 17.9. The van der Waals surface area contributed by atoms with Crippen LogP contribution in [0.1, 0.15) is 32.0 Å². The average molecular weight is 288 g/mol. The van der Waals surface area contributed by atoms with Crippen LogP contribution in [0.2, 0.25) is 0 Å². The second kappa shape index (κ2) is 4.77. The fourth-order valence-electron chi connectivity index (χ4n) is 2.76. The first-order valence-electron chi connectivity index (χ1n) is 6.98. The van der Waals surface area contributed by atoms with Gasteiger partial charge >= 0.3 is 0 Å². The molecule has 0 aliphatic carbocycles. The molecule has 3 rings (SSSR count). The Hall–Kier alpha value is -1.55. The molecule has 0 fully saturated rings. The van der Waals surface area contributed by atoms with Crippen LogP contribution >= 0.6 is 12.2 Å². The maximum atomic E-state index is 6.02. The number of rotatable bonds is 2. The second-order valence-corrected chi connectivity index (χ2v) is 6.78. The molecule has 1 aromatic heterocycles. The maximum Gasteiger partial charge on any atom is 0.177 e. The fourth-order valence-corrected chi connectivity index (χ4v) is 2.99. The Kier molecular flexibility index (Phi) is 3.21. The van der Waals surface area contributed by atoms with Crippen molar-refractivity contribution in [1.82, 2.24) is 9.55 Å². The molecule has 0 amide bonds. The van der Waals surface area contributed by atoms with Gasteiger partial charge in [0.15, 0.2) is 4.77 Å². The van der Waals surface area contributed by atoms with Crippen LogP contribution in [0.15, 0.2) is 30.5 Å². The van der Waals surface area contributed by atoms with Crippen molar-refractivity contribution < 1.29 is 4.74 Å². The Morgan fingerprint density at radius 1 is 1.35 bits per heavy atom. The number of para-hydroxylation sites is 1. The van der Waals surface area contributed by atoms with Gasteiger partial charge in [0.25, 0.3) is 0 Å². The van der Waals surface area contributed by atoms with Gasteiger partial charge in [-0.2, -0.15) is 0 Å². The zero-order valence-corrected chi connectivity index (χ0v) is 13.0. The van der Waals surface area contributed by atoms with Crippen molar-refractivity contribution in [2.24, 2.45) is 0 Å². The molecule has 2 aromatic rings. The van der Waals surface area contributed by atoms with Gasteiger partial charge in [0, 0.05) is 23.7 Å². The third-order valence-electron chi connectivity index (χ3n) is 3.74. The molecule has 2 heterocycles. The maximum absolute atomic E-state index is 6.02. The van der Waals surface area contributed by atoms with E-state index in [-0.39, 0.29) is 11.5 Å². The molecular weight excluding hydrogens is 268 g/mol. The quantitative estimate of drug-likeness (QED) is 0.851. The lowest BCUT2D eigenvalue weighted by atomic mass is 9.92. The molecule has 4 heteroatoms. The van der Waals surface area contributed by atoms with Gasteiger partial charge < -0.3 is 14.3 Å². The van der Waals surface area contributed by atoms with Gasteiger partial charge in [-0.25, -0.2) is 0 Å². The summed E-state index contributed by atoms with van der Waals surface area (Å²) in [4.78, 5) is 3.16. The number of hydrogen-bond acceptors (Lipinski definition) is 2. The number of nitrogens with zero attached hydrogens (tertiary/aromatic N) is 1. The van der Waals surface area contributed by atoms with Gasteiger partial charge in [-0.3, -0.25) is 0 Å². The number of aromatic nitrogens is 2. The minimum atomic E-state index is 0.0685. The van der Waals surface area contributed by atoms with E-state index in [9.17, 15) is 0 Å². The van der Waals surface area contributed by atoms with Crippen LogP contribution in [0.25, 0.3) is 0 Å². The third-order valence-corrected chi connectivity index (χ3v) is 4.08. The van der Waals surface area contributed by atoms with Crippen molar-refractivity contribution in [2.45, 2.75) is 45.3 Å². The molecule has 0 saturated carbocycles. The number of fused-ring (bicyclic) bond motifs is 1. The van der Waals surface area contributed by atoms with Gasteiger partial charge in [0.05, 0.1) is 6.54 Å². The number of ether oxygens (including phenoxy) is 1. The second-order valence-electron chi connectivity index (χ2n) is 6.39. The Balaban J connectivity index is 1.84. The Bertz CT molecular complexity index is 653. The van der Waals surface area contributed by atoms with Crippen LogP contribution < -0.4 is 4.74 Å². The van der Waals surface area contributed by atoms with E-state index in [1.807, 2.05) is 18.3 Å². The predicted molar refractivity (Wildman–Crippen MR) is 82.9 cm³/mol. The summed E-state index contributed by atoms with van der Waals surface area (Å²) in [6.45, 7) is 7.40. The molecule has 0 spiro atoms. The highest BCUT2D eigenvalue weighted by atomic mass is 32.1. The average Bonchev–Trinajstić information content (AvgIpc) is 2.93. The van der Waals surface area contributed by atoms with Crippen LogP contribution in [0.3, 0.4) is 0 Å². The fraction of sp³-hybridized carbons (Fsp3) is 0.438. The molecule has 0 bridgehead atoms. The van der Waals surface area contributed by atoms with Gasteiger partial charge in [0.2, 0.25) is 0 Å². The molecule has 0 radical (unpaired) electrons. The molecular formula is C16H20N2OS. The van der Waals surface area contributed by atoms with E-state index in [2.05, 4.69) is 42.5 Å². The molecule has 1 aliphatic rings. The SMILES string of the molecule is CC(C)(C)c1c[nH]c(=S)n1CC1Cc2ccccc2O1. The van der Waals surface area contributed by atoms with E-state index in [4.69, 9.17) is 17.0 Å². The summed E-state index contributed by atoms with van der Waals surface area (Å²) in [6.07, 6.45) is 3.13. The standard InChI is InChI=1S/C16H20N2OS/c1-16(2,3)14-9-17-15(20)18(14)10-12-8-11-6-4-5-7-13(11)19-12/h4-7,9,12H,8,10H2,1-3H3,(H,17,20). The Labute approximate surface area is 124 Å². The van der Waals surface area contributed by atoms with Crippen molar-refractivity contribution in [3.05, 3.63) is 46.5 Å². The van der Waals surface area contributed by atoms with E-state index in [0.717, 1.165) is 23.5 Å². The van der Waals surface area contributed by atoms with Crippen LogP contribution in [-0.4, -0.2) is 15.7 Å². The van der Waals surface area contributed by atoms with E-state index >= 15 is 0 Å². The molecule has 20 heavy (non-hydrogen) atoms. The zero-order valence-electron chi connectivity index (χ0n) is 12.1. The van der Waals surface area contributed by atoms with E-state index < -0.39 is 0 Å². The van der Waals surface area contributed by atoms with E-state index in [1.165, 1.54) is 11.3 Å². The van der Waals surface area contributed by atoms with Crippen molar-refractivity contribution in [2.75, 3.05) is 0 Å². The van der Waals surface area contributed by atoms with E-state index in [0.29, 0.717) is 0 Å². The smallest absolute Gasteiger partial charge is 0.177 e. The topological polar surface area (TPSA) is 29.9 Å². The number of nitrogens with one attached hydrogen (secondary N) is 1. The van der Waals surface area contributed by atoms with Crippen molar-refractivity contribution in [1.29, 1.82) is 0 Å². The number of benzene rings is 1. The van der Waals surface area contributed by atoms with E-state index in [1.54, 1.807) is 0 Å². The highest BCUT2D eigenvalue weighted by Crippen LogP contribution is 2.30. The predicted octanol–water partition coefficient (Wildman–Crippen LogP) is 3.85. The largest absolute Gasteiger partial charge is 0.488 e. The van der Waals surface area contributed by atoms with Crippen LogP contribution in [0.4, 0.5) is 0 Å². The third kappa shape index (κ3) is 2.40. The molecule has 3 nitrogen and oxygen atoms in total. The lowest BCUT2D eigenvalue weighted by Gasteiger charge is -2.22. The Morgan fingerprint density at radius 2 is 2.10 bits per heavy atom. The number of aromatic amines is 1. The van der Waals surface area contributed by atoms with Gasteiger partial charge in [-0.15, -0.1) is 0 Å². The number of H-pyrrole nitrogens is 1. The monoisotopic (exact) mass is 288 g/mol. The minimum Gasteiger partial charge on any atom is -0.488 e. The molecule has 1 aromatic carbocycles. The summed E-state index contributed by atoms with van der Waals surface area (Å²) >= 11 is 5.41. The highest BCUT2D eigenvalue weighted by molar-refractivity contribution is 7.71. The lowest BCUT2D eigenvalue weighted by Crippen LogP contribution is -2.25. The highest BCUT2D eigenvalue weighted by Gasteiger charge is 2.26. The first kappa shape index (κ1) is 13.4. The number of hydrogen-bond donors (Lipinski definition) is 1. The Morgan fingerprint density at radius 3 is 2.80 bits per heavy atom.